The van der Waals surface area contributed by atoms with Crippen LogP contribution in [0.5, 0.6) is 0 Å². The summed E-state index contributed by atoms with van der Waals surface area (Å²) >= 11 is 0. The first kappa shape index (κ1) is 11.7. The number of carbonyl (C=O) groups is 1. The summed E-state index contributed by atoms with van der Waals surface area (Å²) in [6, 6.07) is 8.63. The highest BCUT2D eigenvalue weighted by Crippen LogP contribution is 2.32. The molecule has 2 aromatic rings. The summed E-state index contributed by atoms with van der Waals surface area (Å²) in [4.78, 5) is 15.9. The summed E-state index contributed by atoms with van der Waals surface area (Å²) in [6.45, 7) is 0. The quantitative estimate of drug-likeness (QED) is 0.861. The third-order valence-corrected chi connectivity index (χ3v) is 4.48. The SMILES string of the molecule is O=C1Nc2ccccc2S(=O)(=O)N1c1cccnc1. The lowest BCUT2D eigenvalue weighted by Crippen LogP contribution is -2.44. The van der Waals surface area contributed by atoms with Gasteiger partial charge in [0, 0.05) is 6.20 Å². The molecule has 0 radical (unpaired) electrons. The van der Waals surface area contributed by atoms with Crippen LogP contribution in [0.15, 0.2) is 53.7 Å². The molecule has 1 aliphatic rings. The first-order valence-corrected chi connectivity index (χ1v) is 6.90. The van der Waals surface area contributed by atoms with Gasteiger partial charge >= 0.3 is 6.03 Å². The molecule has 96 valence electrons. The molecule has 0 spiro atoms. The van der Waals surface area contributed by atoms with E-state index < -0.39 is 16.1 Å². The standard InChI is InChI=1S/C12H9N3O3S/c16-12-14-10-5-1-2-6-11(10)19(17,18)15(12)9-4-3-7-13-8-9/h1-8H,(H,14,16). The first-order valence-electron chi connectivity index (χ1n) is 5.46. The second kappa shape index (κ2) is 4.06. The van der Waals surface area contributed by atoms with Crippen molar-refractivity contribution in [3.63, 3.8) is 0 Å². The number of rotatable bonds is 1. The van der Waals surface area contributed by atoms with Crippen molar-refractivity contribution in [2.75, 3.05) is 9.62 Å². The van der Waals surface area contributed by atoms with E-state index >= 15 is 0 Å². The van der Waals surface area contributed by atoms with Crippen molar-refractivity contribution in [2.45, 2.75) is 4.90 Å². The van der Waals surface area contributed by atoms with Gasteiger partial charge in [-0.25, -0.2) is 13.2 Å². The molecule has 19 heavy (non-hydrogen) atoms. The van der Waals surface area contributed by atoms with Gasteiger partial charge in [0.1, 0.15) is 4.90 Å². The van der Waals surface area contributed by atoms with E-state index in [9.17, 15) is 13.2 Å². The zero-order chi connectivity index (χ0) is 13.5. The lowest BCUT2D eigenvalue weighted by atomic mass is 10.3. The number of urea groups is 1. The number of benzene rings is 1. The van der Waals surface area contributed by atoms with Crippen molar-refractivity contribution in [3.05, 3.63) is 48.8 Å². The van der Waals surface area contributed by atoms with Crippen LogP contribution in [0.25, 0.3) is 0 Å². The number of nitrogens with zero attached hydrogens (tertiary/aromatic N) is 2. The Kier molecular flexibility index (Phi) is 2.49. The Balaban J connectivity index is 2.22. The minimum Gasteiger partial charge on any atom is -0.305 e. The van der Waals surface area contributed by atoms with E-state index in [1.54, 1.807) is 24.3 Å². The average molecular weight is 275 g/mol. The number of nitrogens with one attached hydrogen (secondary N) is 1. The number of sulfonamides is 1. The fourth-order valence-electron chi connectivity index (χ4n) is 1.90. The van der Waals surface area contributed by atoms with Gasteiger partial charge in [0.2, 0.25) is 0 Å². The molecular formula is C12H9N3O3S. The molecule has 1 aliphatic heterocycles. The predicted octanol–water partition coefficient (Wildman–Crippen LogP) is 1.82. The zero-order valence-electron chi connectivity index (χ0n) is 9.65. The third kappa shape index (κ3) is 1.75. The second-order valence-corrected chi connectivity index (χ2v) is 5.66. The van der Waals surface area contributed by atoms with E-state index in [0.717, 1.165) is 0 Å². The van der Waals surface area contributed by atoms with Gasteiger partial charge in [-0.05, 0) is 24.3 Å². The maximum atomic E-state index is 12.5. The number of amides is 2. The van der Waals surface area contributed by atoms with Crippen molar-refractivity contribution < 1.29 is 13.2 Å². The van der Waals surface area contributed by atoms with Gasteiger partial charge in [0.05, 0.1) is 17.6 Å². The molecule has 0 unspecified atom stereocenters. The van der Waals surface area contributed by atoms with E-state index in [1.807, 2.05) is 0 Å². The van der Waals surface area contributed by atoms with Gasteiger partial charge in [-0.2, -0.15) is 4.31 Å². The number of pyridine rings is 1. The summed E-state index contributed by atoms with van der Waals surface area (Å²) in [5.41, 5.74) is 0.488. The van der Waals surface area contributed by atoms with Gasteiger partial charge < -0.3 is 5.32 Å². The molecule has 0 aliphatic carbocycles. The monoisotopic (exact) mass is 275 g/mol. The summed E-state index contributed by atoms with van der Waals surface area (Å²) < 4.78 is 25.6. The van der Waals surface area contributed by atoms with Crippen molar-refractivity contribution in [3.8, 4) is 0 Å². The van der Waals surface area contributed by atoms with Gasteiger partial charge in [0.25, 0.3) is 10.0 Å². The van der Waals surface area contributed by atoms with Crippen LogP contribution in [0.3, 0.4) is 0 Å². The van der Waals surface area contributed by atoms with Crippen molar-refractivity contribution in [1.82, 2.24) is 4.98 Å². The smallest absolute Gasteiger partial charge is 0.305 e. The number of aromatic nitrogens is 1. The van der Waals surface area contributed by atoms with E-state index in [2.05, 4.69) is 10.3 Å². The Morgan fingerprint density at radius 1 is 1.11 bits per heavy atom. The number of carbonyl (C=O) groups excluding carboxylic acids is 1. The van der Waals surface area contributed by atoms with Gasteiger partial charge in [0.15, 0.2) is 0 Å². The lowest BCUT2D eigenvalue weighted by Gasteiger charge is -2.28. The molecular weight excluding hydrogens is 266 g/mol. The highest BCUT2D eigenvalue weighted by molar-refractivity contribution is 7.94. The molecule has 7 heteroatoms. The first-order chi connectivity index (χ1) is 9.10. The predicted molar refractivity (Wildman–Crippen MR) is 69.4 cm³/mol. The van der Waals surface area contributed by atoms with Gasteiger partial charge in [-0.15, -0.1) is 0 Å². The van der Waals surface area contributed by atoms with Gasteiger partial charge in [-0.3, -0.25) is 4.98 Å². The number of hydrogen-bond acceptors (Lipinski definition) is 4. The fraction of sp³-hybridized carbons (Fsp3) is 0. The molecule has 2 amide bonds. The summed E-state index contributed by atoms with van der Waals surface area (Å²) in [6.07, 6.45) is 2.83. The van der Waals surface area contributed by atoms with Gasteiger partial charge in [-0.1, -0.05) is 12.1 Å². The van der Waals surface area contributed by atoms with Crippen LogP contribution < -0.4 is 9.62 Å². The highest BCUT2D eigenvalue weighted by atomic mass is 32.2. The molecule has 1 aromatic heterocycles. The third-order valence-electron chi connectivity index (χ3n) is 2.71. The topological polar surface area (TPSA) is 79.4 Å². The van der Waals surface area contributed by atoms with Crippen molar-refractivity contribution in [1.29, 1.82) is 0 Å². The van der Waals surface area contributed by atoms with Crippen LogP contribution >= 0.6 is 0 Å². The van der Waals surface area contributed by atoms with Crippen LogP contribution in [0.2, 0.25) is 0 Å². The number of anilines is 2. The molecule has 1 aromatic carbocycles. The normalized spacial score (nSPS) is 16.6. The number of para-hydroxylation sites is 1. The lowest BCUT2D eigenvalue weighted by molar-refractivity contribution is 0.259. The Morgan fingerprint density at radius 3 is 2.63 bits per heavy atom. The molecule has 0 fully saturated rings. The van der Waals surface area contributed by atoms with E-state index in [-0.39, 0.29) is 16.3 Å². The molecule has 0 saturated carbocycles. The molecule has 3 rings (SSSR count). The largest absolute Gasteiger partial charge is 0.340 e. The molecule has 2 heterocycles. The van der Waals surface area contributed by atoms with Crippen LogP contribution in [-0.4, -0.2) is 19.4 Å². The Morgan fingerprint density at radius 2 is 1.89 bits per heavy atom. The minimum atomic E-state index is -3.90. The zero-order valence-corrected chi connectivity index (χ0v) is 10.5. The van der Waals surface area contributed by atoms with E-state index in [0.29, 0.717) is 4.31 Å². The van der Waals surface area contributed by atoms with E-state index in [4.69, 9.17) is 0 Å². The molecule has 0 bridgehead atoms. The maximum absolute atomic E-state index is 12.5. The fourth-order valence-corrected chi connectivity index (χ4v) is 3.39. The van der Waals surface area contributed by atoms with Crippen LogP contribution in [0.1, 0.15) is 0 Å². The summed E-state index contributed by atoms with van der Waals surface area (Å²) in [5.74, 6) is 0. The Labute approximate surface area is 109 Å². The summed E-state index contributed by atoms with van der Waals surface area (Å²) in [7, 11) is -3.90. The minimum absolute atomic E-state index is 0.0680. The molecule has 6 nitrogen and oxygen atoms in total. The number of hydrogen-bond donors (Lipinski definition) is 1. The number of fused-ring (bicyclic) bond motifs is 1. The summed E-state index contributed by atoms with van der Waals surface area (Å²) in [5, 5.41) is 2.54. The molecule has 0 saturated heterocycles. The average Bonchev–Trinajstić information content (AvgIpc) is 2.39. The van der Waals surface area contributed by atoms with Crippen LogP contribution in [0.4, 0.5) is 16.2 Å². The highest BCUT2D eigenvalue weighted by Gasteiger charge is 2.37. The van der Waals surface area contributed by atoms with Crippen molar-refractivity contribution in [2.24, 2.45) is 0 Å². The molecule has 1 N–H and O–H groups in total. The Hall–Kier alpha value is -2.41. The van der Waals surface area contributed by atoms with Crippen LogP contribution in [-0.2, 0) is 10.0 Å². The van der Waals surface area contributed by atoms with Crippen molar-refractivity contribution >= 4 is 27.4 Å². The second-order valence-electron chi connectivity index (χ2n) is 3.91. The van der Waals surface area contributed by atoms with E-state index in [1.165, 1.54) is 24.5 Å². The van der Waals surface area contributed by atoms with Crippen LogP contribution in [0, 0.1) is 0 Å². The molecule has 0 atom stereocenters. The maximum Gasteiger partial charge on any atom is 0.340 e. The Bertz CT molecular complexity index is 744.